The Morgan fingerprint density at radius 1 is 0.909 bits per heavy atom. The monoisotopic (exact) mass is 302 g/mol. The summed E-state index contributed by atoms with van der Waals surface area (Å²) in [6.07, 6.45) is 0. The van der Waals surface area contributed by atoms with Gasteiger partial charge in [-0.2, -0.15) is 0 Å². The molecule has 0 saturated carbocycles. The second-order valence-corrected chi connectivity index (χ2v) is 4.39. The second-order valence-electron chi connectivity index (χ2n) is 4.39. The van der Waals surface area contributed by atoms with E-state index in [4.69, 9.17) is 0 Å². The van der Waals surface area contributed by atoms with Gasteiger partial charge >= 0.3 is 11.9 Å². The second kappa shape index (κ2) is 6.17. The van der Waals surface area contributed by atoms with Crippen molar-refractivity contribution >= 4 is 11.9 Å². The minimum Gasteiger partial charge on any atom is -0.507 e. The number of rotatable bonds is 3. The number of ether oxygens (including phenoxy) is 2. The number of phenolic OH excluding ortho intramolecular Hbond substituents is 2. The average Bonchev–Trinajstić information content (AvgIpc) is 2.54. The molecule has 0 radical (unpaired) electrons. The summed E-state index contributed by atoms with van der Waals surface area (Å²) in [5.41, 5.74) is 0.120. The van der Waals surface area contributed by atoms with Crippen molar-refractivity contribution in [3.05, 3.63) is 47.5 Å². The summed E-state index contributed by atoms with van der Waals surface area (Å²) in [7, 11) is 2.26. The number of methoxy groups -OCH3 is 2. The van der Waals surface area contributed by atoms with Crippen molar-refractivity contribution in [1.29, 1.82) is 0 Å². The molecule has 0 bridgehead atoms. The third-order valence-corrected chi connectivity index (χ3v) is 3.14. The molecule has 2 aromatic rings. The molecule has 6 nitrogen and oxygen atoms in total. The summed E-state index contributed by atoms with van der Waals surface area (Å²) in [5, 5.41) is 20.3. The molecule has 2 aromatic carbocycles. The highest BCUT2D eigenvalue weighted by atomic mass is 16.5. The highest BCUT2D eigenvalue weighted by Gasteiger charge is 2.28. The van der Waals surface area contributed by atoms with Crippen LogP contribution in [0.1, 0.15) is 20.7 Å². The number of hydrogen-bond donors (Lipinski definition) is 2. The Balaban J connectivity index is 2.80. The Morgan fingerprint density at radius 2 is 1.45 bits per heavy atom. The lowest BCUT2D eigenvalue weighted by Gasteiger charge is -2.14. The van der Waals surface area contributed by atoms with Gasteiger partial charge in [0.2, 0.25) is 0 Å². The fourth-order valence-electron chi connectivity index (χ4n) is 2.11. The van der Waals surface area contributed by atoms with Gasteiger partial charge in [-0.25, -0.2) is 9.59 Å². The number of phenols is 2. The van der Waals surface area contributed by atoms with E-state index in [-0.39, 0.29) is 11.1 Å². The molecule has 22 heavy (non-hydrogen) atoms. The summed E-state index contributed by atoms with van der Waals surface area (Å²) in [4.78, 5) is 23.7. The lowest BCUT2D eigenvalue weighted by molar-refractivity contribution is 0.0591. The number of esters is 2. The van der Waals surface area contributed by atoms with Crippen LogP contribution < -0.4 is 0 Å². The zero-order valence-corrected chi connectivity index (χ0v) is 12.0. The Bertz CT molecular complexity index is 721. The van der Waals surface area contributed by atoms with E-state index in [0.717, 1.165) is 14.2 Å². The van der Waals surface area contributed by atoms with Crippen LogP contribution in [0.4, 0.5) is 0 Å². The molecule has 0 aliphatic heterocycles. The predicted molar refractivity (Wildman–Crippen MR) is 77.9 cm³/mol. The lowest BCUT2D eigenvalue weighted by atomic mass is 9.95. The van der Waals surface area contributed by atoms with Crippen molar-refractivity contribution in [3.8, 4) is 22.6 Å². The Morgan fingerprint density at radius 3 is 2.00 bits per heavy atom. The van der Waals surface area contributed by atoms with E-state index in [9.17, 15) is 19.8 Å². The van der Waals surface area contributed by atoms with E-state index in [0.29, 0.717) is 5.56 Å². The first kappa shape index (κ1) is 15.4. The van der Waals surface area contributed by atoms with E-state index >= 15 is 0 Å². The van der Waals surface area contributed by atoms with Crippen LogP contribution in [0.25, 0.3) is 11.1 Å². The van der Waals surface area contributed by atoms with Gasteiger partial charge in [0.15, 0.2) is 0 Å². The molecule has 0 saturated heterocycles. The molecule has 0 fully saturated rings. The zero-order chi connectivity index (χ0) is 16.3. The van der Waals surface area contributed by atoms with Crippen molar-refractivity contribution in [2.75, 3.05) is 14.2 Å². The molecule has 0 aliphatic carbocycles. The quantitative estimate of drug-likeness (QED) is 0.845. The molecule has 0 heterocycles. The van der Waals surface area contributed by atoms with Crippen LogP contribution >= 0.6 is 0 Å². The molecular weight excluding hydrogens is 288 g/mol. The largest absolute Gasteiger partial charge is 0.507 e. The van der Waals surface area contributed by atoms with Gasteiger partial charge in [0.05, 0.1) is 14.2 Å². The maximum atomic E-state index is 12.0. The topological polar surface area (TPSA) is 93.1 Å². The Kier molecular flexibility index (Phi) is 4.31. The van der Waals surface area contributed by atoms with Crippen LogP contribution in [0.15, 0.2) is 36.4 Å². The minimum absolute atomic E-state index is 0.216. The fraction of sp³-hybridized carbons (Fsp3) is 0.125. The van der Waals surface area contributed by atoms with Crippen LogP contribution in [-0.4, -0.2) is 36.4 Å². The van der Waals surface area contributed by atoms with Crippen molar-refractivity contribution in [3.63, 3.8) is 0 Å². The van der Waals surface area contributed by atoms with Gasteiger partial charge in [0.1, 0.15) is 22.6 Å². The van der Waals surface area contributed by atoms with Gasteiger partial charge in [-0.1, -0.05) is 30.3 Å². The maximum absolute atomic E-state index is 12.0. The van der Waals surface area contributed by atoms with Gasteiger partial charge in [0.25, 0.3) is 0 Å². The highest BCUT2D eigenvalue weighted by molar-refractivity contribution is 6.06. The SMILES string of the molecule is COC(=O)c1c(O)cc(-c2ccccc2)c(C(=O)OC)c1O. The zero-order valence-electron chi connectivity index (χ0n) is 12.0. The van der Waals surface area contributed by atoms with Crippen LogP contribution in [0.2, 0.25) is 0 Å². The molecule has 6 heteroatoms. The molecule has 2 N–H and O–H groups in total. The van der Waals surface area contributed by atoms with E-state index in [1.807, 2.05) is 0 Å². The number of carbonyl (C=O) groups is 2. The number of hydrogen-bond acceptors (Lipinski definition) is 6. The van der Waals surface area contributed by atoms with Crippen LogP contribution in [0.3, 0.4) is 0 Å². The summed E-state index contributed by atoms with van der Waals surface area (Å²) in [5.74, 6) is -2.96. The summed E-state index contributed by atoms with van der Waals surface area (Å²) in [6.45, 7) is 0. The molecule has 0 atom stereocenters. The van der Waals surface area contributed by atoms with Gasteiger partial charge in [0, 0.05) is 5.56 Å². The fourth-order valence-corrected chi connectivity index (χ4v) is 2.11. The predicted octanol–water partition coefficient (Wildman–Crippen LogP) is 2.34. The van der Waals surface area contributed by atoms with Crippen LogP contribution in [-0.2, 0) is 9.47 Å². The molecule has 114 valence electrons. The smallest absolute Gasteiger partial charge is 0.345 e. The van der Waals surface area contributed by atoms with Crippen molar-refractivity contribution in [2.45, 2.75) is 0 Å². The van der Waals surface area contributed by atoms with E-state index in [1.54, 1.807) is 30.3 Å². The third kappa shape index (κ3) is 2.58. The summed E-state index contributed by atoms with van der Waals surface area (Å²) >= 11 is 0. The van der Waals surface area contributed by atoms with Crippen molar-refractivity contribution in [2.24, 2.45) is 0 Å². The molecule has 0 amide bonds. The summed E-state index contributed by atoms with van der Waals surface area (Å²) < 4.78 is 9.16. The third-order valence-electron chi connectivity index (χ3n) is 3.14. The Hall–Kier alpha value is -3.02. The molecule has 0 aliphatic rings. The molecular formula is C16H14O6. The van der Waals surface area contributed by atoms with E-state index in [2.05, 4.69) is 9.47 Å². The number of carbonyl (C=O) groups excluding carboxylic acids is 2. The molecule has 2 rings (SSSR count). The van der Waals surface area contributed by atoms with Gasteiger partial charge < -0.3 is 19.7 Å². The van der Waals surface area contributed by atoms with Crippen LogP contribution in [0, 0.1) is 0 Å². The number of benzene rings is 2. The highest BCUT2D eigenvalue weighted by Crippen LogP contribution is 2.39. The lowest BCUT2D eigenvalue weighted by Crippen LogP contribution is -2.09. The maximum Gasteiger partial charge on any atom is 0.345 e. The standard InChI is InChI=1S/C16H14O6/c1-21-15(19)12-10(9-6-4-3-5-7-9)8-11(17)13(14(12)18)16(20)22-2/h3-8,17-18H,1-2H3. The van der Waals surface area contributed by atoms with Gasteiger partial charge in [-0.15, -0.1) is 0 Å². The van der Waals surface area contributed by atoms with Gasteiger partial charge in [-0.05, 0) is 11.6 Å². The normalized spacial score (nSPS) is 10.1. The van der Waals surface area contributed by atoms with Crippen LogP contribution in [0.5, 0.6) is 11.5 Å². The Labute approximate surface area is 126 Å². The average molecular weight is 302 g/mol. The number of aromatic hydroxyl groups is 2. The molecule has 0 unspecified atom stereocenters. The first-order valence-corrected chi connectivity index (χ1v) is 6.32. The van der Waals surface area contributed by atoms with Crippen molar-refractivity contribution in [1.82, 2.24) is 0 Å². The first-order chi connectivity index (χ1) is 10.5. The summed E-state index contributed by atoms with van der Waals surface area (Å²) in [6, 6.07) is 9.85. The molecule has 0 spiro atoms. The van der Waals surface area contributed by atoms with E-state index < -0.39 is 29.0 Å². The molecule has 0 aromatic heterocycles. The van der Waals surface area contributed by atoms with Gasteiger partial charge in [-0.3, -0.25) is 0 Å². The van der Waals surface area contributed by atoms with E-state index in [1.165, 1.54) is 6.07 Å². The first-order valence-electron chi connectivity index (χ1n) is 6.32. The minimum atomic E-state index is -0.959. The van der Waals surface area contributed by atoms with Crippen molar-refractivity contribution < 1.29 is 29.3 Å².